The van der Waals surface area contributed by atoms with Crippen molar-refractivity contribution in [3.63, 3.8) is 0 Å². The Morgan fingerprint density at radius 3 is 1.15 bits per heavy atom. The maximum atomic E-state index is 15.6. The third kappa shape index (κ3) is 15.5. The monoisotopic (exact) mass is 1470 g/mol. The van der Waals surface area contributed by atoms with Crippen molar-refractivity contribution in [2.24, 2.45) is 28.1 Å². The zero-order valence-corrected chi connectivity index (χ0v) is 56.1. The van der Waals surface area contributed by atoms with Gasteiger partial charge in [-0.25, -0.2) is 0 Å². The number of esters is 1. The average molecular weight is 1470 g/mol. The van der Waals surface area contributed by atoms with Crippen LogP contribution in [-0.2, 0) is 71.1 Å². The molecule has 10 aliphatic rings. The first-order chi connectivity index (χ1) is 47.6. The fourth-order valence-corrected chi connectivity index (χ4v) is 17.1. The molecule has 36 unspecified atom stereocenters. The topological polar surface area (TPSA) is 612 Å². The molecule has 7 aliphatic heterocycles. The molecule has 41 atom stereocenters. The molecule has 7 heterocycles. The van der Waals surface area contributed by atoms with Gasteiger partial charge in [-0.2, -0.15) is 0 Å². The summed E-state index contributed by atoms with van der Waals surface area (Å²) in [5, 5.41) is 249. The predicted molar refractivity (Wildman–Crippen MR) is 324 cm³/mol. The van der Waals surface area contributed by atoms with E-state index < -0.39 is 295 Å². The highest BCUT2D eigenvalue weighted by Crippen LogP contribution is 2.68. The molecular formula is C63H104O38. The van der Waals surface area contributed by atoms with E-state index in [0.717, 1.165) is 0 Å². The van der Waals surface area contributed by atoms with E-state index in [1.165, 1.54) is 0 Å². The molecule has 0 radical (unpaired) electrons. The number of rotatable bonds is 21. The quantitative estimate of drug-likeness (QED) is 0.0375. The molecular weight excluding hydrogens is 1360 g/mol. The van der Waals surface area contributed by atoms with Crippen LogP contribution in [0.1, 0.15) is 79.1 Å². The number of hydrogen-bond donors (Lipinski definition) is 23. The molecule has 23 N–H and O–H groups in total. The number of aliphatic hydroxyl groups excluding tert-OH is 23. The summed E-state index contributed by atoms with van der Waals surface area (Å²) < 4.78 is 84.4. The van der Waals surface area contributed by atoms with Crippen molar-refractivity contribution in [1.82, 2.24) is 0 Å². The molecule has 0 aromatic rings. The minimum atomic E-state index is -2.21. The van der Waals surface area contributed by atoms with E-state index in [-0.39, 0.29) is 25.2 Å². The van der Waals surface area contributed by atoms with Crippen LogP contribution in [0.2, 0.25) is 0 Å². The van der Waals surface area contributed by atoms with Gasteiger partial charge in [0.15, 0.2) is 43.8 Å². The van der Waals surface area contributed by atoms with Gasteiger partial charge in [-0.1, -0.05) is 26.8 Å². The lowest BCUT2D eigenvalue weighted by Crippen LogP contribution is -2.68. The first-order valence-electron chi connectivity index (χ1n) is 34.2. The van der Waals surface area contributed by atoms with Crippen molar-refractivity contribution in [3.8, 4) is 0 Å². The Hall–Kier alpha value is -2.23. The van der Waals surface area contributed by atoms with E-state index in [1.54, 1.807) is 13.8 Å². The third-order valence-electron chi connectivity index (χ3n) is 23.2. The summed E-state index contributed by atoms with van der Waals surface area (Å²) in [5.41, 5.74) is -3.76. The Morgan fingerprint density at radius 1 is 0.386 bits per heavy atom. The maximum Gasteiger partial charge on any atom is 0.314 e. The van der Waals surface area contributed by atoms with Crippen molar-refractivity contribution in [2.45, 2.75) is 300 Å². The lowest BCUT2D eigenvalue weighted by molar-refractivity contribution is -0.398. The maximum absolute atomic E-state index is 15.6. The molecule has 0 aromatic heterocycles. The molecule has 0 spiro atoms. The van der Waals surface area contributed by atoms with E-state index in [2.05, 4.69) is 13.5 Å². The zero-order chi connectivity index (χ0) is 74.0. The van der Waals surface area contributed by atoms with Gasteiger partial charge in [-0.05, 0) is 87.0 Å². The summed E-state index contributed by atoms with van der Waals surface area (Å²) in [6.07, 6.45) is -64.0. The summed E-state index contributed by atoms with van der Waals surface area (Å²) in [7, 11) is 0. The van der Waals surface area contributed by atoms with Crippen LogP contribution in [-0.4, -0.2) is 390 Å². The molecule has 584 valence electrons. The Labute approximate surface area is 579 Å². The molecule has 10 fully saturated rings. The number of carbonyl (C=O) groups is 1. The van der Waals surface area contributed by atoms with Gasteiger partial charge in [0.2, 0.25) is 6.29 Å². The van der Waals surface area contributed by atoms with Crippen LogP contribution in [0.5, 0.6) is 0 Å². The Morgan fingerprint density at radius 2 is 0.723 bits per heavy atom. The molecule has 10 rings (SSSR count). The first kappa shape index (κ1) is 81.3. The van der Waals surface area contributed by atoms with Gasteiger partial charge < -0.3 is 184 Å². The van der Waals surface area contributed by atoms with E-state index in [0.29, 0.717) is 37.7 Å². The largest absolute Gasteiger partial charge is 0.432 e. The van der Waals surface area contributed by atoms with Crippen LogP contribution in [0.4, 0.5) is 0 Å². The number of fused-ring (bicyclic) bond motifs is 3. The van der Waals surface area contributed by atoms with Crippen molar-refractivity contribution < 1.29 is 189 Å². The van der Waals surface area contributed by atoms with Crippen molar-refractivity contribution in [3.05, 3.63) is 12.2 Å². The van der Waals surface area contributed by atoms with Crippen LogP contribution in [0.3, 0.4) is 0 Å². The minimum Gasteiger partial charge on any atom is -0.432 e. The second kappa shape index (κ2) is 32.5. The Kier molecular flexibility index (Phi) is 26.2. The number of carbonyl (C=O) groups excluding carboxylic acids is 1. The standard InChI is InChI=1S/C63H104O38/c1-21-13-60(2)11-7-30-61(3,29(60)8-12-63(21,5)101-58-51(99-55-46(85)41(80)34(73)25(17-67)92-55)49(37(76)27(19-69)94-58)97-53-44(83)39(78)32(71)23(15-65)90-53)9-6-10-62(30,4)59(87)100-57-50(98-54-45(84)40(79)33(72)24(16-66)91-54)48(36(75)26(18-68)93-57)96-56-47(86)42(81)35(74)28(95-56)20-88-52-43(82)38(77)31(70)22(14-64)89-52/h22-58,64-86H,1,6-20H2,2-5H3/t22?,23?,24?,25?,26?,27?,28?,29-,30?,31?,32?,33?,34?,35?,36?,37?,38?,39?,40?,41?,42?,43?,44?,45?,46?,47?,48?,49?,50?,51?,52?,53?,54?,55?,56?,57?,58?,60-,61+,62-,63-/m1/s1. The summed E-state index contributed by atoms with van der Waals surface area (Å²) in [6.45, 7) is 5.74. The second-order valence-corrected chi connectivity index (χ2v) is 29.6. The average Bonchev–Trinajstić information content (AvgIpc) is 1.69. The van der Waals surface area contributed by atoms with Crippen molar-refractivity contribution in [2.75, 3.05) is 46.2 Å². The fraction of sp³-hybridized carbons (Fsp3) is 0.952. The second-order valence-electron chi connectivity index (χ2n) is 29.6. The summed E-state index contributed by atoms with van der Waals surface area (Å²) in [6, 6.07) is 0. The van der Waals surface area contributed by atoms with E-state index in [9.17, 15) is 117 Å². The highest BCUT2D eigenvalue weighted by molar-refractivity contribution is 5.77. The van der Waals surface area contributed by atoms with E-state index >= 15 is 4.79 Å². The van der Waals surface area contributed by atoms with Gasteiger partial charge in [0.1, 0.15) is 165 Å². The molecule has 38 heteroatoms. The third-order valence-corrected chi connectivity index (χ3v) is 23.2. The highest BCUT2D eigenvalue weighted by Gasteiger charge is 2.66. The molecule has 0 amide bonds. The van der Waals surface area contributed by atoms with Crippen LogP contribution < -0.4 is 0 Å². The SMILES string of the molecule is C=C1C[C@@]2(C)CCC3[C@](C)(C(=O)OC4OC(CO)C(O)C(OC5OC(COC6OC(CO)C(O)C(O)C6O)C(O)C(O)C5O)C4OC4OC(CO)C(O)C(O)C4O)CCC[C@@]3(C)[C@@H]2CC[C@@]1(C)OC1OC(CO)C(O)C(OC2OC(CO)C(O)C(O)C2O)C1OC1OC(CO)C(O)C(O)C1O. The number of hydrogen-bond acceptors (Lipinski definition) is 38. The van der Waals surface area contributed by atoms with Crippen LogP contribution in [0.15, 0.2) is 12.2 Å². The minimum absolute atomic E-state index is 0.132. The lowest BCUT2D eigenvalue weighted by atomic mass is 9.42. The van der Waals surface area contributed by atoms with Crippen LogP contribution >= 0.6 is 0 Å². The molecule has 0 aromatic carbocycles. The van der Waals surface area contributed by atoms with Gasteiger partial charge in [0.05, 0.1) is 57.3 Å². The normalized spacial score (nSPS) is 53.7. The predicted octanol–water partition coefficient (Wildman–Crippen LogP) is -11.0. The first-order valence-corrected chi connectivity index (χ1v) is 34.2. The molecule has 3 aliphatic carbocycles. The lowest BCUT2D eigenvalue weighted by Gasteiger charge is -2.62. The summed E-state index contributed by atoms with van der Waals surface area (Å²) in [4.78, 5) is 15.6. The molecule has 3 saturated carbocycles. The fourth-order valence-electron chi connectivity index (χ4n) is 17.1. The Balaban J connectivity index is 0.918. The van der Waals surface area contributed by atoms with E-state index in [4.69, 9.17) is 66.3 Å². The summed E-state index contributed by atoms with van der Waals surface area (Å²) in [5.74, 6) is -1.73. The molecule has 0 bridgehead atoms. The molecule has 38 nitrogen and oxygen atoms in total. The van der Waals surface area contributed by atoms with Gasteiger partial charge in [0.25, 0.3) is 0 Å². The zero-order valence-electron chi connectivity index (χ0n) is 56.1. The van der Waals surface area contributed by atoms with Crippen LogP contribution in [0.25, 0.3) is 0 Å². The van der Waals surface area contributed by atoms with Crippen molar-refractivity contribution in [1.29, 1.82) is 0 Å². The summed E-state index contributed by atoms with van der Waals surface area (Å²) >= 11 is 0. The van der Waals surface area contributed by atoms with E-state index in [1.807, 2.05) is 6.92 Å². The molecule has 7 saturated heterocycles. The smallest absolute Gasteiger partial charge is 0.314 e. The Bertz CT molecular complexity index is 2710. The number of ether oxygens (including phenoxy) is 14. The molecule has 101 heavy (non-hydrogen) atoms. The van der Waals surface area contributed by atoms with Gasteiger partial charge in [-0.3, -0.25) is 4.79 Å². The van der Waals surface area contributed by atoms with Gasteiger partial charge in [0, 0.05) is 0 Å². The number of aliphatic hydroxyl groups is 23. The van der Waals surface area contributed by atoms with Crippen molar-refractivity contribution >= 4 is 5.97 Å². The van der Waals surface area contributed by atoms with Crippen LogP contribution in [0, 0.1) is 28.1 Å². The van der Waals surface area contributed by atoms with Gasteiger partial charge in [-0.15, -0.1) is 0 Å². The van der Waals surface area contributed by atoms with Gasteiger partial charge >= 0.3 is 5.97 Å². The highest BCUT2D eigenvalue weighted by atomic mass is 16.8.